The van der Waals surface area contributed by atoms with Crippen LogP contribution in [0.1, 0.15) is 27.8 Å². The topological polar surface area (TPSA) is 68.9 Å². The fraction of sp³-hybridized carbons (Fsp3) is 0.214. The van der Waals surface area contributed by atoms with Crippen molar-refractivity contribution in [3.63, 3.8) is 0 Å². The summed E-state index contributed by atoms with van der Waals surface area (Å²) in [6, 6.07) is 8.59. The van der Waals surface area contributed by atoms with Gasteiger partial charge in [-0.2, -0.15) is 0 Å². The van der Waals surface area contributed by atoms with E-state index in [1.807, 2.05) is 0 Å². The van der Waals surface area contributed by atoms with Crippen molar-refractivity contribution in [3.8, 4) is 5.75 Å². The van der Waals surface area contributed by atoms with Gasteiger partial charge < -0.3 is 19.0 Å². The van der Waals surface area contributed by atoms with Gasteiger partial charge in [0.25, 0.3) is 0 Å². The Hall–Kier alpha value is -2.27. The van der Waals surface area contributed by atoms with Gasteiger partial charge in [-0.15, -0.1) is 0 Å². The lowest BCUT2D eigenvalue weighted by Gasteiger charge is -2.14. The Morgan fingerprint density at radius 3 is 2.42 bits per heavy atom. The van der Waals surface area contributed by atoms with E-state index in [4.69, 9.17) is 19.0 Å². The zero-order valence-electron chi connectivity index (χ0n) is 10.6. The van der Waals surface area contributed by atoms with Gasteiger partial charge in [0.05, 0.1) is 13.4 Å². The molecule has 1 aromatic carbocycles. The SMILES string of the molecule is COc1ccc(C(OC)c2occc2C(=O)O)cc1. The highest BCUT2D eigenvalue weighted by Gasteiger charge is 2.24. The fourth-order valence-electron chi connectivity index (χ4n) is 1.87. The van der Waals surface area contributed by atoms with E-state index in [1.165, 1.54) is 19.4 Å². The molecule has 100 valence electrons. The van der Waals surface area contributed by atoms with Gasteiger partial charge in [-0.1, -0.05) is 12.1 Å². The third-order valence-corrected chi connectivity index (χ3v) is 2.82. The van der Waals surface area contributed by atoms with Crippen LogP contribution in [-0.4, -0.2) is 25.3 Å². The van der Waals surface area contributed by atoms with Crippen molar-refractivity contribution >= 4 is 5.97 Å². The molecule has 0 amide bonds. The van der Waals surface area contributed by atoms with Crippen LogP contribution in [0.4, 0.5) is 0 Å². The number of rotatable bonds is 5. The second-order valence-electron chi connectivity index (χ2n) is 3.89. The maximum atomic E-state index is 11.1. The number of furan rings is 1. The maximum absolute atomic E-state index is 11.1. The van der Waals surface area contributed by atoms with Gasteiger partial charge in [-0.3, -0.25) is 0 Å². The standard InChI is InChI=1S/C14H14O5/c1-17-10-5-3-9(4-6-10)12(18-2)13-11(14(15)16)7-8-19-13/h3-8,12H,1-2H3,(H,15,16). The molecule has 5 nitrogen and oxygen atoms in total. The van der Waals surface area contributed by atoms with Gasteiger partial charge in [0.1, 0.15) is 17.4 Å². The van der Waals surface area contributed by atoms with Crippen molar-refractivity contribution < 1.29 is 23.8 Å². The molecule has 1 N–H and O–H groups in total. The smallest absolute Gasteiger partial charge is 0.339 e. The zero-order valence-corrected chi connectivity index (χ0v) is 10.6. The van der Waals surface area contributed by atoms with E-state index < -0.39 is 12.1 Å². The molecular formula is C14H14O5. The van der Waals surface area contributed by atoms with E-state index >= 15 is 0 Å². The van der Waals surface area contributed by atoms with Crippen molar-refractivity contribution in [2.75, 3.05) is 14.2 Å². The summed E-state index contributed by atoms with van der Waals surface area (Å²) in [5, 5.41) is 9.09. The van der Waals surface area contributed by atoms with Crippen LogP contribution >= 0.6 is 0 Å². The summed E-state index contributed by atoms with van der Waals surface area (Å²) in [6.07, 6.45) is 0.779. The Balaban J connectivity index is 2.38. The number of hydrogen-bond donors (Lipinski definition) is 1. The number of hydrogen-bond acceptors (Lipinski definition) is 4. The van der Waals surface area contributed by atoms with Crippen molar-refractivity contribution in [2.24, 2.45) is 0 Å². The number of aromatic carboxylic acids is 1. The quantitative estimate of drug-likeness (QED) is 0.897. The van der Waals surface area contributed by atoms with Gasteiger partial charge in [-0.25, -0.2) is 4.79 Å². The molecule has 19 heavy (non-hydrogen) atoms. The molecule has 0 spiro atoms. The number of carbonyl (C=O) groups is 1. The van der Waals surface area contributed by atoms with Gasteiger partial charge >= 0.3 is 5.97 Å². The predicted octanol–water partition coefficient (Wildman–Crippen LogP) is 2.72. The van der Waals surface area contributed by atoms with Gasteiger partial charge in [0.2, 0.25) is 0 Å². The van der Waals surface area contributed by atoms with Crippen molar-refractivity contribution in [3.05, 3.63) is 53.5 Å². The van der Waals surface area contributed by atoms with Crippen LogP contribution in [0.25, 0.3) is 0 Å². The first-order valence-electron chi connectivity index (χ1n) is 5.64. The lowest BCUT2D eigenvalue weighted by molar-refractivity contribution is 0.0678. The van der Waals surface area contributed by atoms with Crippen molar-refractivity contribution in [1.82, 2.24) is 0 Å². The molecule has 1 atom stereocenters. The molecule has 0 saturated heterocycles. The van der Waals surface area contributed by atoms with E-state index in [0.717, 1.165) is 11.3 Å². The number of benzene rings is 1. The Morgan fingerprint density at radius 1 is 1.21 bits per heavy atom. The van der Waals surface area contributed by atoms with Crippen LogP contribution < -0.4 is 4.74 Å². The summed E-state index contributed by atoms with van der Waals surface area (Å²) in [7, 11) is 3.08. The van der Waals surface area contributed by atoms with Crippen LogP contribution in [0.2, 0.25) is 0 Å². The van der Waals surface area contributed by atoms with E-state index in [-0.39, 0.29) is 11.3 Å². The number of methoxy groups -OCH3 is 2. The molecule has 2 rings (SSSR count). The minimum atomic E-state index is -1.04. The molecule has 0 saturated carbocycles. The molecule has 1 aromatic heterocycles. The molecule has 0 radical (unpaired) electrons. The summed E-state index contributed by atoms with van der Waals surface area (Å²) in [4.78, 5) is 11.1. The highest BCUT2D eigenvalue weighted by molar-refractivity contribution is 5.88. The molecule has 0 fully saturated rings. The third-order valence-electron chi connectivity index (χ3n) is 2.82. The number of ether oxygens (including phenoxy) is 2. The lowest BCUT2D eigenvalue weighted by Crippen LogP contribution is -2.08. The largest absolute Gasteiger partial charge is 0.497 e. The van der Waals surface area contributed by atoms with E-state index in [1.54, 1.807) is 31.4 Å². The Kier molecular flexibility index (Phi) is 3.87. The third kappa shape index (κ3) is 2.61. The Morgan fingerprint density at radius 2 is 1.89 bits per heavy atom. The number of carboxylic acid groups (broad SMARTS) is 1. The maximum Gasteiger partial charge on any atom is 0.339 e. The summed E-state index contributed by atoms with van der Waals surface area (Å²) in [5.41, 5.74) is 0.892. The van der Waals surface area contributed by atoms with Crippen LogP contribution in [0, 0.1) is 0 Å². The van der Waals surface area contributed by atoms with Gasteiger partial charge in [-0.05, 0) is 23.8 Å². The molecule has 1 heterocycles. The van der Waals surface area contributed by atoms with E-state index in [9.17, 15) is 4.79 Å². The van der Waals surface area contributed by atoms with Crippen LogP contribution in [0.3, 0.4) is 0 Å². The molecule has 0 aliphatic carbocycles. The van der Waals surface area contributed by atoms with Crippen molar-refractivity contribution in [2.45, 2.75) is 6.10 Å². The molecule has 0 aliphatic rings. The van der Waals surface area contributed by atoms with Gasteiger partial charge in [0, 0.05) is 7.11 Å². The van der Waals surface area contributed by atoms with Crippen LogP contribution in [-0.2, 0) is 4.74 Å². The molecule has 5 heteroatoms. The molecule has 1 unspecified atom stereocenters. The normalized spacial score (nSPS) is 12.1. The average Bonchev–Trinajstić information content (AvgIpc) is 2.90. The molecule has 2 aromatic rings. The van der Waals surface area contributed by atoms with E-state index in [0.29, 0.717) is 0 Å². The van der Waals surface area contributed by atoms with Crippen LogP contribution in [0.5, 0.6) is 5.75 Å². The summed E-state index contributed by atoms with van der Waals surface area (Å²) in [6.45, 7) is 0. The first kappa shape index (κ1) is 13.2. The first-order valence-corrected chi connectivity index (χ1v) is 5.64. The monoisotopic (exact) mass is 262 g/mol. The molecular weight excluding hydrogens is 248 g/mol. The highest BCUT2D eigenvalue weighted by Crippen LogP contribution is 2.30. The molecule has 0 bridgehead atoms. The van der Waals surface area contributed by atoms with Crippen LogP contribution in [0.15, 0.2) is 41.0 Å². The minimum absolute atomic E-state index is 0.0997. The summed E-state index contributed by atoms with van der Waals surface area (Å²) in [5.74, 6) is -0.0454. The van der Waals surface area contributed by atoms with E-state index in [2.05, 4.69) is 0 Å². The minimum Gasteiger partial charge on any atom is -0.497 e. The second kappa shape index (κ2) is 5.58. The Labute approximate surface area is 110 Å². The molecule has 0 aliphatic heterocycles. The summed E-state index contributed by atoms with van der Waals surface area (Å²) < 4.78 is 15.7. The van der Waals surface area contributed by atoms with Crippen molar-refractivity contribution in [1.29, 1.82) is 0 Å². The highest BCUT2D eigenvalue weighted by atomic mass is 16.5. The average molecular weight is 262 g/mol. The Bertz CT molecular complexity index is 555. The zero-order chi connectivity index (χ0) is 13.8. The van der Waals surface area contributed by atoms with Gasteiger partial charge in [0.15, 0.2) is 5.76 Å². The summed E-state index contributed by atoms with van der Waals surface area (Å²) >= 11 is 0. The first-order chi connectivity index (χ1) is 9.17. The second-order valence-corrected chi connectivity index (χ2v) is 3.89. The number of carboxylic acids is 1. The predicted molar refractivity (Wildman–Crippen MR) is 67.5 cm³/mol. The lowest BCUT2D eigenvalue weighted by atomic mass is 10.0. The fourth-order valence-corrected chi connectivity index (χ4v) is 1.87.